The van der Waals surface area contributed by atoms with Crippen molar-refractivity contribution in [2.75, 3.05) is 12.4 Å². The zero-order chi connectivity index (χ0) is 31.1. The van der Waals surface area contributed by atoms with Crippen molar-refractivity contribution >= 4 is 34.6 Å². The Morgan fingerprint density at radius 3 is 2.37 bits per heavy atom. The zero-order valence-electron chi connectivity index (χ0n) is 22.4. The highest BCUT2D eigenvalue weighted by Gasteiger charge is 2.49. The normalized spacial score (nSPS) is 21.3. The van der Waals surface area contributed by atoms with E-state index in [-0.39, 0.29) is 40.0 Å². The molecule has 8 nitrogen and oxygen atoms in total. The van der Waals surface area contributed by atoms with Gasteiger partial charge < -0.3 is 25.0 Å². The van der Waals surface area contributed by atoms with Crippen LogP contribution in [0.4, 0.5) is 23.2 Å². The third-order valence-corrected chi connectivity index (χ3v) is 8.66. The van der Waals surface area contributed by atoms with Gasteiger partial charge in [-0.2, -0.15) is 0 Å². The molecule has 0 heterocycles. The molecule has 2 amide bonds. The van der Waals surface area contributed by atoms with Gasteiger partial charge in [-0.3, -0.25) is 9.59 Å². The smallest absolute Gasteiger partial charge is 0.578 e. The van der Waals surface area contributed by atoms with Crippen LogP contribution in [0.5, 0.6) is 5.75 Å². The number of carbonyl (C=O) groups excluding carboxylic acids is 2. The van der Waals surface area contributed by atoms with Crippen molar-refractivity contribution in [2.45, 2.75) is 22.9 Å². The Kier molecular flexibility index (Phi) is 8.21. The van der Waals surface area contributed by atoms with E-state index in [2.05, 4.69) is 10.6 Å². The third-order valence-electron chi connectivity index (χ3n) is 7.56. The van der Waals surface area contributed by atoms with Crippen LogP contribution in [-0.4, -0.2) is 46.1 Å². The molecule has 0 saturated heterocycles. The fourth-order valence-corrected chi connectivity index (χ4v) is 6.27. The number of ether oxygens (including phenoxy) is 1. The summed E-state index contributed by atoms with van der Waals surface area (Å²) in [5, 5.41) is 14.6. The number of carboxylic acid groups (broad SMARTS) is 1. The lowest BCUT2D eigenvalue weighted by atomic mass is 9.87. The number of carbonyl (C=O) groups is 3. The molecule has 5 rings (SSSR count). The Labute approximate surface area is 245 Å². The molecule has 0 aliphatic heterocycles. The molecular weight excluding hydrogens is 592 g/mol. The second kappa shape index (κ2) is 11.7. The summed E-state index contributed by atoms with van der Waals surface area (Å²) in [6.45, 7) is 0. The van der Waals surface area contributed by atoms with Crippen molar-refractivity contribution in [1.82, 2.24) is 5.32 Å². The van der Waals surface area contributed by atoms with Crippen LogP contribution in [0.2, 0.25) is 0 Å². The summed E-state index contributed by atoms with van der Waals surface area (Å²) in [6, 6.07) is 11.7. The number of anilines is 1. The summed E-state index contributed by atoms with van der Waals surface area (Å²) in [4.78, 5) is 37.6. The molecule has 3 aromatic carbocycles. The number of nitrogens with one attached hydrogen (secondary N) is 2. The summed E-state index contributed by atoms with van der Waals surface area (Å²) >= 11 is -3.27. The van der Waals surface area contributed by atoms with Crippen LogP contribution in [0.15, 0.2) is 77.7 Å². The minimum Gasteiger partial charge on any atom is -0.604 e. The molecule has 3 aromatic rings. The van der Waals surface area contributed by atoms with E-state index in [1.165, 1.54) is 49.6 Å². The van der Waals surface area contributed by atoms with Gasteiger partial charge in [-0.15, -0.1) is 13.2 Å². The maximum atomic E-state index is 15.0. The van der Waals surface area contributed by atoms with Crippen LogP contribution in [0.1, 0.15) is 27.1 Å². The molecule has 1 fully saturated rings. The predicted octanol–water partition coefficient (Wildman–Crippen LogP) is 5.39. The monoisotopic (exact) mass is 616 g/mol. The number of allylic oxidation sites excluding steroid dienone is 1. The lowest BCUT2D eigenvalue weighted by Crippen LogP contribution is -2.47. The number of fused-ring (bicyclic) bond motifs is 2. The first-order valence-electron chi connectivity index (χ1n) is 13.0. The molecule has 3 N–H and O–H groups in total. The highest BCUT2D eigenvalue weighted by Crippen LogP contribution is 2.45. The molecule has 1 unspecified atom stereocenters. The molecule has 13 heteroatoms. The standard InChI is InChI=1S/C30H24F4N2O6S/c1-42-24-14-23(31)21(15-5-7-16(8-6-15)29(39)40)13-22(24)27(37)36-26-18-10-9-17(11-18)25(26)28(38)35-19-3-2-4-20(12-19)43(41)30(32,33)34/h2-10,12-14,17-18,25-26H,11H2,1H3,(H,35,38)(H,36,37)(H,39,40)/t17-,18+,25+,26-,43?/m0/s1. The van der Waals surface area contributed by atoms with E-state index in [1.807, 2.05) is 12.2 Å². The van der Waals surface area contributed by atoms with Crippen LogP contribution in [0.25, 0.3) is 11.1 Å². The van der Waals surface area contributed by atoms with Crippen LogP contribution in [0.3, 0.4) is 0 Å². The predicted molar refractivity (Wildman–Crippen MR) is 148 cm³/mol. The fourth-order valence-electron chi connectivity index (χ4n) is 5.57. The lowest BCUT2D eigenvalue weighted by molar-refractivity contribution is -0.121. The first-order valence-corrected chi connectivity index (χ1v) is 14.1. The van der Waals surface area contributed by atoms with Gasteiger partial charge >= 0.3 is 11.5 Å². The molecule has 2 bridgehead atoms. The molecule has 0 radical (unpaired) electrons. The number of methoxy groups -OCH3 is 1. The van der Waals surface area contributed by atoms with Crippen molar-refractivity contribution in [3.63, 3.8) is 0 Å². The lowest BCUT2D eigenvalue weighted by Gasteiger charge is -2.28. The van der Waals surface area contributed by atoms with Crippen LogP contribution in [0, 0.1) is 23.6 Å². The molecule has 0 spiro atoms. The summed E-state index contributed by atoms with van der Waals surface area (Å²) in [5.74, 6) is -4.33. The van der Waals surface area contributed by atoms with Gasteiger partial charge in [0.1, 0.15) is 11.6 Å². The summed E-state index contributed by atoms with van der Waals surface area (Å²) in [7, 11) is 1.27. The highest BCUT2D eigenvalue weighted by molar-refractivity contribution is 7.92. The van der Waals surface area contributed by atoms with E-state index in [9.17, 15) is 36.5 Å². The topological polar surface area (TPSA) is 128 Å². The van der Waals surface area contributed by atoms with Crippen LogP contribution < -0.4 is 15.4 Å². The molecule has 224 valence electrons. The van der Waals surface area contributed by atoms with Gasteiger partial charge in [-0.05, 0) is 54.2 Å². The molecule has 43 heavy (non-hydrogen) atoms. The maximum Gasteiger partial charge on any atom is 0.578 e. The summed E-state index contributed by atoms with van der Waals surface area (Å²) in [6.07, 6.45) is 4.29. The number of benzene rings is 3. The van der Waals surface area contributed by atoms with E-state index in [1.54, 1.807) is 0 Å². The van der Waals surface area contributed by atoms with Gasteiger partial charge in [0.25, 0.3) is 5.91 Å². The first kappa shape index (κ1) is 30.1. The Morgan fingerprint density at radius 2 is 1.72 bits per heavy atom. The number of rotatable bonds is 8. The average Bonchev–Trinajstić information content (AvgIpc) is 3.58. The number of hydrogen-bond acceptors (Lipinski definition) is 5. The SMILES string of the molecule is COc1cc(F)c(-c2ccc(C(=O)O)cc2)cc1C(=O)N[C@@H]1[C@H](C(=O)Nc2cccc([S+]([O-])C(F)(F)F)c2)[C@H]2C=C[C@@H]1C2. The largest absolute Gasteiger partial charge is 0.604 e. The molecule has 5 atom stereocenters. The number of alkyl halides is 3. The Balaban J connectivity index is 1.38. The number of hydrogen-bond donors (Lipinski definition) is 3. The van der Waals surface area contributed by atoms with Crippen molar-refractivity contribution in [1.29, 1.82) is 0 Å². The van der Waals surface area contributed by atoms with Crippen molar-refractivity contribution in [2.24, 2.45) is 17.8 Å². The molecule has 2 aliphatic carbocycles. The molecular formula is C30H24F4N2O6S. The highest BCUT2D eigenvalue weighted by atomic mass is 32.2. The number of halogens is 4. The molecule has 2 aliphatic rings. The zero-order valence-corrected chi connectivity index (χ0v) is 23.2. The van der Waals surface area contributed by atoms with Gasteiger partial charge in [0.2, 0.25) is 5.91 Å². The number of aromatic carboxylic acids is 1. The first-order chi connectivity index (χ1) is 20.4. The van der Waals surface area contributed by atoms with E-state index in [4.69, 9.17) is 9.84 Å². The van der Waals surface area contributed by atoms with Crippen LogP contribution >= 0.6 is 0 Å². The van der Waals surface area contributed by atoms with Gasteiger partial charge in [-0.1, -0.05) is 30.4 Å². The second-order valence-electron chi connectivity index (χ2n) is 10.1. The Morgan fingerprint density at radius 1 is 1.02 bits per heavy atom. The minimum atomic E-state index is -4.96. The van der Waals surface area contributed by atoms with Gasteiger partial charge in [0, 0.05) is 29.4 Å². The number of carboxylic acids is 1. The summed E-state index contributed by atoms with van der Waals surface area (Å²) < 4.78 is 70.8. The second-order valence-corrected chi connectivity index (χ2v) is 11.6. The van der Waals surface area contributed by atoms with E-state index >= 15 is 0 Å². The van der Waals surface area contributed by atoms with Crippen molar-refractivity contribution in [3.8, 4) is 16.9 Å². The average molecular weight is 617 g/mol. The van der Waals surface area contributed by atoms with Crippen molar-refractivity contribution in [3.05, 3.63) is 89.8 Å². The minimum absolute atomic E-state index is 0.00429. The third kappa shape index (κ3) is 6.09. The molecule has 1 saturated carbocycles. The Hall–Kier alpha value is -4.36. The van der Waals surface area contributed by atoms with Gasteiger partial charge in [0.15, 0.2) is 4.90 Å². The van der Waals surface area contributed by atoms with Crippen molar-refractivity contribution < 1.29 is 46.3 Å². The van der Waals surface area contributed by atoms with Gasteiger partial charge in [-0.25, -0.2) is 9.18 Å². The molecule has 0 aromatic heterocycles. The van der Waals surface area contributed by atoms with E-state index in [0.29, 0.717) is 12.0 Å². The summed E-state index contributed by atoms with van der Waals surface area (Å²) in [5.41, 5.74) is -4.60. The fraction of sp³-hybridized carbons (Fsp3) is 0.233. The van der Waals surface area contributed by atoms with E-state index < -0.39 is 57.1 Å². The van der Waals surface area contributed by atoms with E-state index in [0.717, 1.165) is 18.2 Å². The Bertz CT molecular complexity index is 1610. The van der Waals surface area contributed by atoms with Gasteiger partial charge in [0.05, 0.1) is 35.3 Å². The maximum absolute atomic E-state index is 15.0. The number of amides is 2. The van der Waals surface area contributed by atoms with Crippen LogP contribution in [-0.2, 0) is 16.0 Å². The quantitative estimate of drug-likeness (QED) is 0.177.